The fourth-order valence-electron chi connectivity index (χ4n) is 7.97. The number of phenolic OH excluding ortho intramolecular Hbond substituents is 13. The summed E-state index contributed by atoms with van der Waals surface area (Å²) in [6, 6.07) is 24.1. The molecule has 0 aliphatic rings. The first kappa shape index (κ1) is 38.8. The zero-order valence-electron chi connectivity index (χ0n) is 32.5. The van der Waals surface area contributed by atoms with Gasteiger partial charge in [-0.2, -0.15) is 0 Å². The van der Waals surface area contributed by atoms with E-state index in [0.29, 0.717) is 5.56 Å². The highest BCUT2D eigenvalue weighted by Crippen LogP contribution is 2.59. The molecule has 3 heterocycles. The van der Waals surface area contributed by atoms with E-state index in [1.165, 1.54) is 7.85 Å². The second-order valence-electron chi connectivity index (χ2n) is 14.8. The first-order chi connectivity index (χ1) is 30.6. The highest BCUT2D eigenvalue weighted by atomic mass is 16.4. The number of hydrogen-bond donors (Lipinski definition) is 13. The average molecular weight is 862 g/mol. The number of nitrogens with zero attached hydrogens (tertiary/aromatic N) is 3. The Balaban J connectivity index is 1.30. The molecule has 18 nitrogen and oxygen atoms in total. The van der Waals surface area contributed by atoms with E-state index in [4.69, 9.17) is 13.8 Å². The number of fused-ring (bicyclic) bond motifs is 6. The van der Waals surface area contributed by atoms with Crippen molar-refractivity contribution in [2.75, 3.05) is 0 Å². The van der Waals surface area contributed by atoms with E-state index in [0.717, 1.165) is 16.7 Å². The monoisotopic (exact) mass is 861 g/mol. The van der Waals surface area contributed by atoms with Gasteiger partial charge in [0.05, 0.1) is 16.2 Å². The molecular weight excluding hydrogens is 833 g/mol. The number of rotatable bonds is 5. The van der Waals surface area contributed by atoms with Gasteiger partial charge in [-0.25, -0.2) is 15.0 Å². The Hall–Kier alpha value is -9.39. The summed E-state index contributed by atoms with van der Waals surface area (Å²) in [6.07, 6.45) is 0. The third-order valence-electron chi connectivity index (χ3n) is 11.1. The molecule has 7 aromatic carbocycles. The second-order valence-corrected chi connectivity index (χ2v) is 14.8. The lowest BCUT2D eigenvalue weighted by Crippen LogP contribution is -2.12. The van der Waals surface area contributed by atoms with Crippen LogP contribution < -0.4 is 5.46 Å². The molecule has 3 aromatic heterocycles. The molecule has 0 aliphatic heterocycles. The first-order valence-corrected chi connectivity index (χ1v) is 18.9. The highest BCUT2D eigenvalue weighted by Gasteiger charge is 2.34. The molecule has 10 rings (SSSR count). The number of phenols is 13. The fraction of sp³-hybridized carbons (Fsp3) is 0. The molecule has 0 aliphatic carbocycles. The van der Waals surface area contributed by atoms with Gasteiger partial charge in [0.25, 0.3) is 0 Å². The van der Waals surface area contributed by atoms with Crippen molar-refractivity contribution in [3.63, 3.8) is 0 Å². The molecule has 64 heavy (non-hydrogen) atoms. The van der Waals surface area contributed by atoms with Gasteiger partial charge < -0.3 is 75.2 Å². The third-order valence-corrected chi connectivity index (χ3v) is 11.1. The molecule has 0 fully saturated rings. The molecule has 0 saturated heterocycles. The van der Waals surface area contributed by atoms with Crippen LogP contribution in [0, 0.1) is 0 Å². The third kappa shape index (κ3) is 5.30. The van der Waals surface area contributed by atoms with Crippen molar-refractivity contribution >= 4 is 57.2 Å². The van der Waals surface area contributed by atoms with Crippen LogP contribution in [0.25, 0.3) is 100 Å². The van der Waals surface area contributed by atoms with Crippen molar-refractivity contribution in [1.29, 1.82) is 0 Å². The molecule has 316 valence electrons. The summed E-state index contributed by atoms with van der Waals surface area (Å²) in [4.78, 5) is 13.8. The lowest BCUT2D eigenvalue weighted by Gasteiger charge is -2.15. The van der Waals surface area contributed by atoms with Gasteiger partial charge in [0.1, 0.15) is 19.2 Å². The minimum atomic E-state index is -1.22. The maximum Gasteiger partial charge on any atom is 0.208 e. The molecule has 0 amide bonds. The zero-order chi connectivity index (χ0) is 45.2. The Labute approximate surface area is 356 Å². The fourth-order valence-corrected chi connectivity index (χ4v) is 7.97. The topological polar surface area (TPSA) is 328 Å². The van der Waals surface area contributed by atoms with Crippen molar-refractivity contribution < 1.29 is 75.2 Å². The summed E-state index contributed by atoms with van der Waals surface area (Å²) >= 11 is 0. The van der Waals surface area contributed by atoms with Gasteiger partial charge in [-0.3, -0.25) is 0 Å². The Kier molecular flexibility index (Phi) is 8.22. The van der Waals surface area contributed by atoms with Crippen LogP contribution in [-0.4, -0.2) is 89.2 Å². The van der Waals surface area contributed by atoms with E-state index in [-0.39, 0.29) is 27.8 Å². The van der Waals surface area contributed by atoms with Crippen LogP contribution in [0.5, 0.6) is 74.7 Å². The Morgan fingerprint density at radius 3 is 1.25 bits per heavy atom. The average Bonchev–Trinajstić information content (AvgIpc) is 3.92. The molecule has 0 radical (unpaired) electrons. The number of benzene rings is 7. The number of furan rings is 2. The van der Waals surface area contributed by atoms with E-state index in [2.05, 4.69) is 9.97 Å². The van der Waals surface area contributed by atoms with Crippen LogP contribution in [0.2, 0.25) is 0 Å². The van der Waals surface area contributed by atoms with E-state index < -0.39 is 130 Å². The molecule has 13 N–H and O–H groups in total. The number of hydrogen-bond acceptors (Lipinski definition) is 18. The van der Waals surface area contributed by atoms with Crippen molar-refractivity contribution in [2.24, 2.45) is 0 Å². The van der Waals surface area contributed by atoms with Crippen LogP contribution in [0.3, 0.4) is 0 Å². The van der Waals surface area contributed by atoms with E-state index in [1.54, 1.807) is 18.2 Å². The second kappa shape index (κ2) is 13.6. The van der Waals surface area contributed by atoms with Gasteiger partial charge >= 0.3 is 0 Å². The molecule has 0 unspecified atom stereocenters. The molecule has 10 aromatic rings. The minimum absolute atomic E-state index is 0.183. The first-order valence-electron chi connectivity index (χ1n) is 18.9. The summed E-state index contributed by atoms with van der Waals surface area (Å²) in [5, 5.41) is 140. The van der Waals surface area contributed by atoms with Gasteiger partial charge in [-0.05, 0) is 39.8 Å². The summed E-state index contributed by atoms with van der Waals surface area (Å²) in [5.41, 5.74) is -0.221. The Morgan fingerprint density at radius 2 is 0.688 bits per heavy atom. The van der Waals surface area contributed by atoms with Gasteiger partial charge in [-0.15, -0.1) is 0 Å². The van der Waals surface area contributed by atoms with E-state index >= 15 is 0 Å². The minimum Gasteiger partial charge on any atom is -0.506 e. The lowest BCUT2D eigenvalue weighted by molar-refractivity contribution is 0.348. The van der Waals surface area contributed by atoms with Gasteiger partial charge in [-0.1, -0.05) is 66.7 Å². The SMILES string of the molecule is Bc1c(O)c(O)c2oc3c(O)c(O)c(O)c(O)c3c2c1-c1nc(-c2cccc(-c3cccc(-c4ccccc4)c3)c2)nc(-c2c(O)c(O)c3oc4c(O)c(O)c(O)c(O)c4c3c2O)n1. The van der Waals surface area contributed by atoms with Crippen LogP contribution in [0.1, 0.15) is 0 Å². The number of aromatic nitrogens is 3. The van der Waals surface area contributed by atoms with Crippen molar-refractivity contribution in [2.45, 2.75) is 0 Å². The molecule has 0 spiro atoms. The molecule has 19 heteroatoms. The molecule has 0 atom stereocenters. The number of aromatic hydroxyl groups is 13. The predicted octanol–water partition coefficient (Wildman–Crippen LogP) is 6.44. The quantitative estimate of drug-likeness (QED) is 0.0503. The van der Waals surface area contributed by atoms with Crippen molar-refractivity contribution in [3.8, 4) is 131 Å². The summed E-state index contributed by atoms with van der Waals surface area (Å²) < 4.78 is 11.1. The van der Waals surface area contributed by atoms with Gasteiger partial charge in [0.15, 0.2) is 62.8 Å². The maximum absolute atomic E-state index is 12.0. The van der Waals surface area contributed by atoms with Crippen LogP contribution >= 0.6 is 0 Å². The summed E-state index contributed by atoms with van der Waals surface area (Å²) in [5.74, 6) is -15.1. The smallest absolute Gasteiger partial charge is 0.208 e. The van der Waals surface area contributed by atoms with E-state index in [1.807, 2.05) is 60.7 Å². The van der Waals surface area contributed by atoms with Crippen molar-refractivity contribution in [3.05, 3.63) is 78.9 Å². The standard InChI is InChI=1S/C45H28BN3O15/c46-25-20(19-21-27(51)31(55)33(57)37(61)40(21)63-39(19)36(60)30(25)54)44-47-43(18-11-5-10-17(13-18)16-9-4-8-15(12-16)14-6-2-1-3-7-14)48-45(49-44)24-26(50)22-23-28(52)32(56)34(58)38(62)42(23)64-41(22)35(59)29(24)53/h1-13,50-62H,46H2. The van der Waals surface area contributed by atoms with Crippen LogP contribution in [0.15, 0.2) is 87.7 Å². The summed E-state index contributed by atoms with van der Waals surface area (Å²) in [6.45, 7) is 0. The predicted molar refractivity (Wildman–Crippen MR) is 231 cm³/mol. The lowest BCUT2D eigenvalue weighted by atomic mass is 9.85. The molecule has 0 bridgehead atoms. The van der Waals surface area contributed by atoms with Crippen molar-refractivity contribution in [1.82, 2.24) is 15.0 Å². The Morgan fingerprint density at radius 1 is 0.312 bits per heavy atom. The zero-order valence-corrected chi connectivity index (χ0v) is 32.5. The normalized spacial score (nSPS) is 11.7. The highest BCUT2D eigenvalue weighted by molar-refractivity contribution is 6.42. The molecular formula is C45H28BN3O15. The van der Waals surface area contributed by atoms with Gasteiger partial charge in [0.2, 0.25) is 46.0 Å². The van der Waals surface area contributed by atoms with Crippen LogP contribution in [-0.2, 0) is 0 Å². The Bertz CT molecular complexity index is 3680. The largest absolute Gasteiger partial charge is 0.506 e. The van der Waals surface area contributed by atoms with E-state index in [9.17, 15) is 66.4 Å². The summed E-state index contributed by atoms with van der Waals surface area (Å²) in [7, 11) is 1.31. The van der Waals surface area contributed by atoms with Gasteiger partial charge in [0, 0.05) is 16.5 Å². The van der Waals surface area contributed by atoms with Crippen LogP contribution in [0.4, 0.5) is 0 Å². The molecule has 0 saturated carbocycles. The maximum atomic E-state index is 12.0.